The minimum absolute atomic E-state index is 0.442. The van der Waals surface area contributed by atoms with Gasteiger partial charge in [-0.3, -0.25) is 4.21 Å². The number of fused-ring (bicyclic) bond motifs is 1. The van der Waals surface area contributed by atoms with Crippen molar-refractivity contribution in [2.45, 2.75) is 17.7 Å². The summed E-state index contributed by atoms with van der Waals surface area (Å²) in [5.74, 6) is 1.55. The van der Waals surface area contributed by atoms with Crippen molar-refractivity contribution in [2.24, 2.45) is 0 Å². The fraction of sp³-hybridized carbons (Fsp3) is 0.250. The molecule has 0 aromatic carbocycles. The largest absolute Gasteiger partial charge is 0.339 e. The van der Waals surface area contributed by atoms with Crippen LogP contribution in [0.1, 0.15) is 17.9 Å². The highest BCUT2D eigenvalue weighted by Crippen LogP contribution is 2.32. The minimum atomic E-state index is -1.19. The summed E-state index contributed by atoms with van der Waals surface area (Å²) in [4.78, 5) is 24.1. The fourth-order valence-electron chi connectivity index (χ4n) is 3.56. The Morgan fingerprint density at radius 3 is 2.74 bits per heavy atom. The molecule has 0 saturated heterocycles. The van der Waals surface area contributed by atoms with Crippen LogP contribution in [0.15, 0.2) is 41.7 Å². The zero-order valence-corrected chi connectivity index (χ0v) is 17.8. The summed E-state index contributed by atoms with van der Waals surface area (Å²) in [6.07, 6.45) is 7.93. The van der Waals surface area contributed by atoms with Crippen molar-refractivity contribution in [3.05, 3.63) is 59.3 Å². The number of nitrogens with zero attached hydrogens (tertiary/aromatic N) is 6. The smallest absolute Gasteiger partial charge is 0.227 e. The van der Waals surface area contributed by atoms with Crippen LogP contribution in [0, 0.1) is 5.95 Å². The molecule has 0 radical (unpaired) electrons. The summed E-state index contributed by atoms with van der Waals surface area (Å²) in [5.41, 5.74) is 2.29. The first-order valence-corrected chi connectivity index (χ1v) is 11.4. The molecule has 0 bridgehead atoms. The topological polar surface area (TPSA) is 96.8 Å². The lowest BCUT2D eigenvalue weighted by Gasteiger charge is -2.27. The predicted molar refractivity (Wildman–Crippen MR) is 116 cm³/mol. The maximum absolute atomic E-state index is 13.5. The fourth-order valence-corrected chi connectivity index (χ4v) is 4.96. The van der Waals surface area contributed by atoms with Gasteiger partial charge in [-0.15, -0.1) is 0 Å². The predicted octanol–water partition coefficient (Wildman–Crippen LogP) is 3.16. The lowest BCUT2D eigenvalue weighted by molar-refractivity contribution is 0.584. The molecule has 2 aliphatic heterocycles. The number of rotatable bonds is 4. The second kappa shape index (κ2) is 8.27. The molecule has 5 rings (SSSR count). The van der Waals surface area contributed by atoms with E-state index in [1.165, 1.54) is 12.3 Å². The molecule has 3 aromatic heterocycles. The van der Waals surface area contributed by atoms with Crippen LogP contribution in [0.25, 0.3) is 5.57 Å². The van der Waals surface area contributed by atoms with Crippen molar-refractivity contribution in [2.75, 3.05) is 29.1 Å². The lowest BCUT2D eigenvalue weighted by atomic mass is 10.1. The number of hydrogen-bond acceptors (Lipinski definition) is 8. The molecule has 1 atom stereocenters. The van der Waals surface area contributed by atoms with Gasteiger partial charge in [0.15, 0.2) is 11.6 Å². The quantitative estimate of drug-likeness (QED) is 0.597. The standard InChI is InChI=1S/C20H17ClFN7OS/c21-13-10-24-18(25-11-13)12-2-6-29(7-3-12)20-27-15-4-8-31(30)17(15)19(28-20)26-14-1-5-23-16(22)9-14/h1-2,5,9-11H,3-4,6-8H2,(H,23,26,27,28)/t31-/m0/s1. The van der Waals surface area contributed by atoms with Gasteiger partial charge in [0.05, 0.1) is 21.5 Å². The highest BCUT2D eigenvalue weighted by Gasteiger charge is 2.28. The Hall–Kier alpha value is -2.98. The summed E-state index contributed by atoms with van der Waals surface area (Å²) in [5, 5.41) is 3.60. The molecule has 0 unspecified atom stereocenters. The van der Waals surface area contributed by atoms with E-state index in [2.05, 4.69) is 30.2 Å². The van der Waals surface area contributed by atoms with E-state index >= 15 is 0 Å². The highest BCUT2D eigenvalue weighted by molar-refractivity contribution is 7.85. The first-order chi connectivity index (χ1) is 15.1. The number of nitrogens with one attached hydrogen (secondary N) is 1. The maximum atomic E-state index is 13.5. The van der Waals surface area contributed by atoms with E-state index in [-0.39, 0.29) is 0 Å². The normalized spacial score (nSPS) is 17.9. The van der Waals surface area contributed by atoms with Gasteiger partial charge >= 0.3 is 0 Å². The van der Waals surface area contributed by atoms with Crippen molar-refractivity contribution >= 4 is 45.4 Å². The van der Waals surface area contributed by atoms with E-state index in [0.29, 0.717) is 58.5 Å². The molecule has 0 amide bonds. The van der Waals surface area contributed by atoms with E-state index in [9.17, 15) is 8.60 Å². The van der Waals surface area contributed by atoms with E-state index in [1.807, 2.05) is 11.0 Å². The van der Waals surface area contributed by atoms with Gasteiger partial charge in [0.25, 0.3) is 0 Å². The van der Waals surface area contributed by atoms with Gasteiger partial charge in [-0.1, -0.05) is 17.7 Å². The van der Waals surface area contributed by atoms with Crippen LogP contribution in [0.3, 0.4) is 0 Å². The summed E-state index contributed by atoms with van der Waals surface area (Å²) >= 11 is 5.87. The Labute approximate surface area is 185 Å². The first-order valence-electron chi connectivity index (χ1n) is 9.66. The van der Waals surface area contributed by atoms with Crippen molar-refractivity contribution in [3.63, 3.8) is 0 Å². The van der Waals surface area contributed by atoms with Crippen LogP contribution in [0.2, 0.25) is 5.02 Å². The molecule has 11 heteroatoms. The van der Waals surface area contributed by atoms with Gasteiger partial charge in [-0.05, 0) is 18.1 Å². The minimum Gasteiger partial charge on any atom is -0.339 e. The van der Waals surface area contributed by atoms with Crippen molar-refractivity contribution in [1.82, 2.24) is 24.9 Å². The molecule has 8 nitrogen and oxygen atoms in total. The molecular formula is C20H17ClFN7OS. The van der Waals surface area contributed by atoms with E-state index in [1.54, 1.807) is 18.5 Å². The number of pyridine rings is 1. The van der Waals surface area contributed by atoms with Gasteiger partial charge in [0.1, 0.15) is 4.90 Å². The molecule has 5 heterocycles. The molecule has 3 aromatic rings. The Kier molecular flexibility index (Phi) is 5.33. The van der Waals surface area contributed by atoms with Crippen molar-refractivity contribution in [1.29, 1.82) is 0 Å². The zero-order chi connectivity index (χ0) is 21.4. The average molecular weight is 458 g/mol. The number of hydrogen-bond donors (Lipinski definition) is 1. The molecule has 158 valence electrons. The highest BCUT2D eigenvalue weighted by atomic mass is 35.5. The van der Waals surface area contributed by atoms with Gasteiger partial charge in [0, 0.05) is 55.6 Å². The number of halogens is 2. The third kappa shape index (κ3) is 4.13. The van der Waals surface area contributed by atoms with E-state index in [4.69, 9.17) is 11.6 Å². The lowest BCUT2D eigenvalue weighted by Crippen LogP contribution is -2.30. The van der Waals surface area contributed by atoms with Crippen LogP contribution in [-0.2, 0) is 17.2 Å². The molecule has 0 fully saturated rings. The summed E-state index contributed by atoms with van der Waals surface area (Å²) in [6.45, 7) is 1.27. The third-order valence-electron chi connectivity index (χ3n) is 5.06. The molecule has 31 heavy (non-hydrogen) atoms. The average Bonchev–Trinajstić information content (AvgIpc) is 3.15. The van der Waals surface area contributed by atoms with E-state index < -0.39 is 16.7 Å². The Balaban J connectivity index is 1.44. The van der Waals surface area contributed by atoms with Gasteiger partial charge in [0.2, 0.25) is 11.9 Å². The summed E-state index contributed by atoms with van der Waals surface area (Å²) < 4.78 is 26.0. The number of aromatic nitrogens is 5. The molecule has 0 aliphatic carbocycles. The SMILES string of the molecule is O=[S@]1CCc2nc(N3CC=C(c4ncc(Cl)cn4)CC3)nc(Nc3ccnc(F)c3)c21. The van der Waals surface area contributed by atoms with Crippen LogP contribution >= 0.6 is 11.6 Å². The summed E-state index contributed by atoms with van der Waals surface area (Å²) in [7, 11) is -1.19. The molecular weight excluding hydrogens is 441 g/mol. The number of aryl methyl sites for hydroxylation is 1. The molecule has 0 spiro atoms. The van der Waals surface area contributed by atoms with Gasteiger partial charge in [-0.2, -0.15) is 9.37 Å². The van der Waals surface area contributed by atoms with Crippen molar-refractivity contribution < 1.29 is 8.60 Å². The van der Waals surface area contributed by atoms with Crippen LogP contribution in [-0.4, -0.2) is 48.0 Å². The Morgan fingerprint density at radius 1 is 1.16 bits per heavy atom. The maximum Gasteiger partial charge on any atom is 0.227 e. The van der Waals surface area contributed by atoms with E-state index in [0.717, 1.165) is 17.7 Å². The monoisotopic (exact) mass is 457 g/mol. The third-order valence-corrected chi connectivity index (χ3v) is 6.72. The number of anilines is 3. The van der Waals surface area contributed by atoms with Crippen LogP contribution < -0.4 is 10.2 Å². The molecule has 1 N–H and O–H groups in total. The van der Waals surface area contributed by atoms with Crippen LogP contribution in [0.4, 0.5) is 21.8 Å². The molecule has 2 aliphatic rings. The second-order valence-electron chi connectivity index (χ2n) is 7.09. The Bertz CT molecular complexity index is 1200. The van der Waals surface area contributed by atoms with Gasteiger partial charge in [-0.25, -0.2) is 19.9 Å². The van der Waals surface area contributed by atoms with Crippen molar-refractivity contribution in [3.8, 4) is 0 Å². The first kappa shape index (κ1) is 20.0. The summed E-state index contributed by atoms with van der Waals surface area (Å²) in [6, 6.07) is 2.91. The molecule has 0 saturated carbocycles. The second-order valence-corrected chi connectivity index (χ2v) is 9.03. The van der Waals surface area contributed by atoms with Gasteiger partial charge < -0.3 is 10.2 Å². The zero-order valence-electron chi connectivity index (χ0n) is 16.3. The van der Waals surface area contributed by atoms with Crippen LogP contribution in [0.5, 0.6) is 0 Å². The Morgan fingerprint density at radius 2 is 2.00 bits per heavy atom.